The Bertz CT molecular complexity index is 346. The van der Waals surface area contributed by atoms with Crippen molar-refractivity contribution in [2.45, 2.75) is 25.3 Å². The van der Waals surface area contributed by atoms with Crippen LogP contribution in [0.3, 0.4) is 0 Å². The Kier molecular flexibility index (Phi) is 10.2. The molecule has 0 bridgehead atoms. The second-order valence-corrected chi connectivity index (χ2v) is 4.16. The Morgan fingerprint density at radius 2 is 2.00 bits per heavy atom. The minimum absolute atomic E-state index is 0. The van der Waals surface area contributed by atoms with Crippen LogP contribution in [0.25, 0.3) is 0 Å². The van der Waals surface area contributed by atoms with Crippen molar-refractivity contribution >= 4 is 18.4 Å². The number of esters is 1. The Balaban J connectivity index is 0.00000324. The molecule has 0 aliphatic heterocycles. The van der Waals surface area contributed by atoms with Crippen LogP contribution in [0.15, 0.2) is 30.3 Å². The highest BCUT2D eigenvalue weighted by molar-refractivity contribution is 5.85. The maximum Gasteiger partial charge on any atom is 0.325 e. The Hall–Kier alpha value is -1.10. The molecule has 1 aromatic carbocycles. The molecule has 108 valence electrons. The summed E-state index contributed by atoms with van der Waals surface area (Å²) in [6.45, 7) is 0.471. The number of aliphatic hydroxyl groups excluding tert-OH is 1. The zero-order chi connectivity index (χ0) is 13.2. The van der Waals surface area contributed by atoms with Gasteiger partial charge in [-0.05, 0) is 31.4 Å². The average Bonchev–Trinajstić information content (AvgIpc) is 2.43. The van der Waals surface area contributed by atoms with E-state index < -0.39 is 12.0 Å². The fourth-order valence-electron chi connectivity index (χ4n) is 1.74. The molecular formula is C14H22ClNO3. The normalized spacial score (nSPS) is 11.5. The molecule has 0 spiro atoms. The van der Waals surface area contributed by atoms with Gasteiger partial charge in [0.25, 0.3) is 0 Å². The van der Waals surface area contributed by atoms with Crippen molar-refractivity contribution in [2.75, 3.05) is 20.3 Å². The summed E-state index contributed by atoms with van der Waals surface area (Å²) in [4.78, 5) is 11.2. The lowest BCUT2D eigenvalue weighted by molar-refractivity contribution is -0.144. The van der Waals surface area contributed by atoms with E-state index in [1.165, 1.54) is 12.7 Å². The maximum absolute atomic E-state index is 11.2. The quantitative estimate of drug-likeness (QED) is 0.563. The fraction of sp³-hybridized carbons (Fsp3) is 0.500. The van der Waals surface area contributed by atoms with Crippen LogP contribution in [0.4, 0.5) is 0 Å². The van der Waals surface area contributed by atoms with E-state index in [-0.39, 0.29) is 19.0 Å². The molecule has 0 unspecified atom stereocenters. The van der Waals surface area contributed by atoms with E-state index in [0.717, 1.165) is 19.3 Å². The Labute approximate surface area is 120 Å². The minimum Gasteiger partial charge on any atom is -0.468 e. The number of hydrogen-bond acceptors (Lipinski definition) is 4. The number of unbranched alkanes of at least 4 members (excludes halogenated alkanes) is 1. The number of aliphatic hydroxyl groups is 1. The van der Waals surface area contributed by atoms with Crippen LogP contribution in [-0.4, -0.2) is 37.4 Å². The zero-order valence-corrected chi connectivity index (χ0v) is 12.0. The fourth-order valence-corrected chi connectivity index (χ4v) is 1.74. The summed E-state index contributed by atoms with van der Waals surface area (Å²) >= 11 is 0. The molecule has 0 saturated carbocycles. The second kappa shape index (κ2) is 10.8. The summed E-state index contributed by atoms with van der Waals surface area (Å²) in [7, 11) is 1.32. The van der Waals surface area contributed by atoms with Gasteiger partial charge in [0, 0.05) is 0 Å². The number of ether oxygens (including phenoxy) is 1. The van der Waals surface area contributed by atoms with Crippen molar-refractivity contribution in [3.8, 4) is 0 Å². The number of carbonyl (C=O) groups excluding carboxylic acids is 1. The Morgan fingerprint density at radius 3 is 2.58 bits per heavy atom. The maximum atomic E-state index is 11.2. The van der Waals surface area contributed by atoms with Crippen LogP contribution < -0.4 is 5.32 Å². The van der Waals surface area contributed by atoms with Gasteiger partial charge in [-0.2, -0.15) is 0 Å². The second-order valence-electron chi connectivity index (χ2n) is 4.16. The first-order valence-electron chi connectivity index (χ1n) is 6.24. The van der Waals surface area contributed by atoms with Crippen LogP contribution in [0, 0.1) is 0 Å². The number of nitrogens with one attached hydrogen (secondary N) is 1. The summed E-state index contributed by atoms with van der Waals surface area (Å²) in [5.74, 6) is -0.416. The van der Waals surface area contributed by atoms with Gasteiger partial charge < -0.3 is 15.2 Å². The molecule has 0 aliphatic carbocycles. The van der Waals surface area contributed by atoms with Gasteiger partial charge in [0.1, 0.15) is 6.04 Å². The monoisotopic (exact) mass is 287 g/mol. The van der Waals surface area contributed by atoms with E-state index in [0.29, 0.717) is 6.54 Å². The van der Waals surface area contributed by atoms with Crippen molar-refractivity contribution in [2.24, 2.45) is 0 Å². The molecule has 19 heavy (non-hydrogen) atoms. The highest BCUT2D eigenvalue weighted by Gasteiger charge is 2.16. The molecule has 5 heteroatoms. The molecule has 1 atom stereocenters. The third-order valence-electron chi connectivity index (χ3n) is 2.79. The molecular weight excluding hydrogens is 266 g/mol. The third kappa shape index (κ3) is 7.15. The smallest absolute Gasteiger partial charge is 0.325 e. The SMILES string of the molecule is COC(=O)[C@@H](CO)NCCCCc1ccccc1.Cl. The lowest BCUT2D eigenvalue weighted by Crippen LogP contribution is -2.41. The minimum atomic E-state index is -0.605. The predicted molar refractivity (Wildman–Crippen MR) is 77.5 cm³/mol. The van der Waals surface area contributed by atoms with Gasteiger partial charge >= 0.3 is 5.97 Å². The lowest BCUT2D eigenvalue weighted by Gasteiger charge is -2.13. The van der Waals surface area contributed by atoms with Crippen molar-refractivity contribution in [1.82, 2.24) is 5.32 Å². The highest BCUT2D eigenvalue weighted by Crippen LogP contribution is 2.03. The molecule has 0 aliphatic rings. The van der Waals surface area contributed by atoms with Gasteiger partial charge in [-0.15, -0.1) is 12.4 Å². The van der Waals surface area contributed by atoms with Crippen LogP contribution >= 0.6 is 12.4 Å². The topological polar surface area (TPSA) is 58.6 Å². The first-order valence-corrected chi connectivity index (χ1v) is 6.24. The van der Waals surface area contributed by atoms with E-state index in [1.807, 2.05) is 18.2 Å². The molecule has 1 aromatic rings. The summed E-state index contributed by atoms with van der Waals surface area (Å²) in [6, 6.07) is 9.69. The standard InChI is InChI=1S/C14H21NO3.ClH/c1-18-14(17)13(11-16)15-10-6-5-9-12-7-3-2-4-8-12;/h2-4,7-8,13,15-16H,5-6,9-11H2,1H3;1H/t13-;/m1./s1. The number of rotatable bonds is 8. The van der Waals surface area contributed by atoms with Gasteiger partial charge in [-0.1, -0.05) is 30.3 Å². The number of benzene rings is 1. The molecule has 4 nitrogen and oxygen atoms in total. The van der Waals surface area contributed by atoms with Crippen molar-refractivity contribution < 1.29 is 14.6 Å². The molecule has 0 amide bonds. The molecule has 0 fully saturated rings. The van der Waals surface area contributed by atoms with Gasteiger partial charge in [0.15, 0.2) is 0 Å². The highest BCUT2D eigenvalue weighted by atomic mass is 35.5. The van der Waals surface area contributed by atoms with Crippen LogP contribution in [0.2, 0.25) is 0 Å². The van der Waals surface area contributed by atoms with Gasteiger partial charge in [0.2, 0.25) is 0 Å². The predicted octanol–water partition coefficient (Wildman–Crippen LogP) is 1.55. The first-order chi connectivity index (χ1) is 8.77. The van der Waals surface area contributed by atoms with E-state index in [2.05, 4.69) is 22.2 Å². The van der Waals surface area contributed by atoms with Crippen molar-refractivity contribution in [1.29, 1.82) is 0 Å². The van der Waals surface area contributed by atoms with E-state index >= 15 is 0 Å². The number of methoxy groups -OCH3 is 1. The van der Waals surface area contributed by atoms with Crippen molar-refractivity contribution in [3.05, 3.63) is 35.9 Å². The van der Waals surface area contributed by atoms with Crippen LogP contribution in [-0.2, 0) is 16.0 Å². The lowest BCUT2D eigenvalue weighted by atomic mass is 10.1. The van der Waals surface area contributed by atoms with Crippen LogP contribution in [0.5, 0.6) is 0 Å². The summed E-state index contributed by atoms with van der Waals surface area (Å²) in [5, 5.41) is 12.0. The summed E-state index contributed by atoms with van der Waals surface area (Å²) in [6.07, 6.45) is 3.04. The summed E-state index contributed by atoms with van der Waals surface area (Å²) < 4.78 is 4.57. The Morgan fingerprint density at radius 1 is 1.32 bits per heavy atom. The van der Waals surface area contributed by atoms with Gasteiger partial charge in [-0.3, -0.25) is 4.79 Å². The van der Waals surface area contributed by atoms with E-state index in [9.17, 15) is 4.79 Å². The average molecular weight is 288 g/mol. The first kappa shape index (κ1) is 17.9. The van der Waals surface area contributed by atoms with E-state index in [4.69, 9.17) is 5.11 Å². The molecule has 0 heterocycles. The number of carbonyl (C=O) groups is 1. The molecule has 0 aromatic heterocycles. The molecule has 1 rings (SSSR count). The number of aryl methyl sites for hydroxylation is 1. The van der Waals surface area contributed by atoms with Gasteiger partial charge in [0.05, 0.1) is 13.7 Å². The van der Waals surface area contributed by atoms with Crippen molar-refractivity contribution in [3.63, 3.8) is 0 Å². The summed E-state index contributed by atoms with van der Waals surface area (Å²) in [5.41, 5.74) is 1.32. The largest absolute Gasteiger partial charge is 0.468 e. The zero-order valence-electron chi connectivity index (χ0n) is 11.2. The van der Waals surface area contributed by atoms with Gasteiger partial charge in [-0.25, -0.2) is 0 Å². The molecule has 0 saturated heterocycles. The third-order valence-corrected chi connectivity index (χ3v) is 2.79. The van der Waals surface area contributed by atoms with E-state index in [1.54, 1.807) is 0 Å². The van der Waals surface area contributed by atoms with Crippen LogP contribution in [0.1, 0.15) is 18.4 Å². The number of hydrogen-bond donors (Lipinski definition) is 2. The number of halogens is 1. The molecule has 0 radical (unpaired) electrons. The molecule has 2 N–H and O–H groups in total.